The number of anilines is 1. The van der Waals surface area contributed by atoms with Gasteiger partial charge in [-0.05, 0) is 30.3 Å². The second-order valence-corrected chi connectivity index (χ2v) is 5.00. The number of nitro benzene ring substituents is 1. The van der Waals surface area contributed by atoms with Crippen LogP contribution >= 0.6 is 0 Å². The molecule has 0 spiro atoms. The van der Waals surface area contributed by atoms with Crippen LogP contribution in [0.5, 0.6) is 0 Å². The van der Waals surface area contributed by atoms with Crippen molar-refractivity contribution in [2.75, 3.05) is 11.9 Å². The molecular weight excluding hydrogens is 312 g/mol. The van der Waals surface area contributed by atoms with Gasteiger partial charge in [-0.1, -0.05) is 0 Å². The van der Waals surface area contributed by atoms with Crippen LogP contribution in [0, 0.1) is 10.1 Å². The summed E-state index contributed by atoms with van der Waals surface area (Å²) in [5.41, 5.74) is 0.987. The van der Waals surface area contributed by atoms with Gasteiger partial charge in [-0.3, -0.25) is 19.9 Å². The van der Waals surface area contributed by atoms with Gasteiger partial charge in [-0.25, -0.2) is 0 Å². The molecule has 0 unspecified atom stereocenters. The summed E-state index contributed by atoms with van der Waals surface area (Å²) in [6.45, 7) is 0.316. The molecule has 2 aromatic heterocycles. The maximum absolute atomic E-state index is 11.9. The van der Waals surface area contributed by atoms with Crippen LogP contribution < -0.4 is 10.6 Å². The SMILES string of the molecule is O=C(CNc1ccc([N+](=O)[O-])c2cccnc12)NCc1ccco1. The number of amides is 1. The van der Waals surface area contributed by atoms with E-state index in [2.05, 4.69) is 15.6 Å². The fourth-order valence-electron chi connectivity index (χ4n) is 2.30. The van der Waals surface area contributed by atoms with Crippen molar-refractivity contribution in [3.05, 3.63) is 64.7 Å². The van der Waals surface area contributed by atoms with Crippen molar-refractivity contribution in [2.45, 2.75) is 6.54 Å². The van der Waals surface area contributed by atoms with Crippen LogP contribution in [0.15, 0.2) is 53.3 Å². The predicted octanol–water partition coefficient (Wildman–Crippen LogP) is 2.46. The number of aromatic nitrogens is 1. The Balaban J connectivity index is 1.70. The molecule has 0 radical (unpaired) electrons. The molecule has 1 amide bonds. The van der Waals surface area contributed by atoms with Crippen molar-refractivity contribution < 1.29 is 14.1 Å². The Bertz CT molecular complexity index is 877. The molecule has 8 nitrogen and oxygen atoms in total. The minimum absolute atomic E-state index is 0.0180. The molecule has 2 heterocycles. The Morgan fingerprint density at radius 1 is 1.25 bits per heavy atom. The molecule has 0 bridgehead atoms. The lowest BCUT2D eigenvalue weighted by Gasteiger charge is -2.09. The molecule has 0 fully saturated rings. The van der Waals surface area contributed by atoms with E-state index in [1.165, 1.54) is 12.3 Å². The minimum atomic E-state index is -0.455. The predicted molar refractivity (Wildman–Crippen MR) is 87.4 cm³/mol. The van der Waals surface area contributed by atoms with Gasteiger partial charge in [-0.2, -0.15) is 0 Å². The number of fused-ring (bicyclic) bond motifs is 1. The smallest absolute Gasteiger partial charge is 0.278 e. The van der Waals surface area contributed by atoms with Crippen molar-refractivity contribution in [3.63, 3.8) is 0 Å². The van der Waals surface area contributed by atoms with Gasteiger partial charge in [-0.15, -0.1) is 0 Å². The van der Waals surface area contributed by atoms with E-state index in [1.54, 1.807) is 36.5 Å². The third kappa shape index (κ3) is 3.32. The average Bonchev–Trinajstić information content (AvgIpc) is 3.11. The van der Waals surface area contributed by atoms with E-state index in [9.17, 15) is 14.9 Å². The number of benzene rings is 1. The summed E-state index contributed by atoms with van der Waals surface area (Å²) in [5.74, 6) is 0.430. The molecule has 24 heavy (non-hydrogen) atoms. The fraction of sp³-hybridized carbons (Fsp3) is 0.125. The van der Waals surface area contributed by atoms with Crippen molar-refractivity contribution in [1.82, 2.24) is 10.3 Å². The van der Waals surface area contributed by atoms with Crippen LogP contribution in [0.3, 0.4) is 0 Å². The molecule has 0 saturated heterocycles. The summed E-state index contributed by atoms with van der Waals surface area (Å²) in [6, 6.07) is 9.72. The van der Waals surface area contributed by atoms with E-state index >= 15 is 0 Å². The number of furan rings is 1. The van der Waals surface area contributed by atoms with E-state index in [1.807, 2.05) is 0 Å². The van der Waals surface area contributed by atoms with E-state index in [0.717, 1.165) is 0 Å². The van der Waals surface area contributed by atoms with Crippen molar-refractivity contribution >= 4 is 28.2 Å². The number of hydrogen-bond donors (Lipinski definition) is 2. The van der Waals surface area contributed by atoms with Gasteiger partial charge >= 0.3 is 0 Å². The van der Waals surface area contributed by atoms with Crippen LogP contribution in [0.1, 0.15) is 5.76 Å². The molecule has 0 aliphatic heterocycles. The summed E-state index contributed by atoms with van der Waals surface area (Å²) in [6.07, 6.45) is 3.09. The van der Waals surface area contributed by atoms with Gasteiger partial charge in [0.1, 0.15) is 11.3 Å². The van der Waals surface area contributed by atoms with Gasteiger partial charge in [0.25, 0.3) is 5.69 Å². The molecule has 3 aromatic rings. The number of non-ortho nitro benzene ring substituents is 1. The zero-order valence-electron chi connectivity index (χ0n) is 12.6. The third-order valence-corrected chi connectivity index (χ3v) is 3.42. The first-order chi connectivity index (χ1) is 11.6. The number of hydrogen-bond acceptors (Lipinski definition) is 6. The van der Waals surface area contributed by atoms with Crippen molar-refractivity contribution in [1.29, 1.82) is 0 Å². The molecule has 2 N–H and O–H groups in total. The zero-order chi connectivity index (χ0) is 16.9. The Morgan fingerprint density at radius 2 is 2.12 bits per heavy atom. The second-order valence-electron chi connectivity index (χ2n) is 5.00. The lowest BCUT2D eigenvalue weighted by Crippen LogP contribution is -2.29. The van der Waals surface area contributed by atoms with E-state index in [0.29, 0.717) is 28.9 Å². The summed E-state index contributed by atoms with van der Waals surface area (Å²) < 4.78 is 5.13. The summed E-state index contributed by atoms with van der Waals surface area (Å²) in [5, 5.41) is 17.2. The molecular formula is C16H14N4O4. The third-order valence-electron chi connectivity index (χ3n) is 3.42. The van der Waals surface area contributed by atoms with Gasteiger partial charge in [0.05, 0.1) is 35.3 Å². The van der Waals surface area contributed by atoms with E-state index in [4.69, 9.17) is 4.42 Å². The topological polar surface area (TPSA) is 110 Å². The summed E-state index contributed by atoms with van der Waals surface area (Å²) in [4.78, 5) is 26.7. The quantitative estimate of drug-likeness (QED) is 0.532. The molecule has 3 rings (SSSR count). The van der Waals surface area contributed by atoms with Crippen molar-refractivity contribution in [3.8, 4) is 0 Å². The molecule has 0 saturated carbocycles. The minimum Gasteiger partial charge on any atom is -0.467 e. The molecule has 0 aliphatic rings. The second kappa shape index (κ2) is 6.78. The molecule has 8 heteroatoms. The lowest BCUT2D eigenvalue weighted by molar-refractivity contribution is -0.383. The number of carbonyl (C=O) groups excluding carboxylic acids is 1. The van der Waals surface area contributed by atoms with E-state index < -0.39 is 4.92 Å². The van der Waals surface area contributed by atoms with Crippen LogP contribution in [0.2, 0.25) is 0 Å². The molecule has 122 valence electrons. The van der Waals surface area contributed by atoms with E-state index in [-0.39, 0.29) is 18.1 Å². The molecule has 0 aliphatic carbocycles. The van der Waals surface area contributed by atoms with Gasteiger partial charge in [0, 0.05) is 12.3 Å². The largest absolute Gasteiger partial charge is 0.467 e. The Kier molecular flexibility index (Phi) is 4.37. The highest BCUT2D eigenvalue weighted by Crippen LogP contribution is 2.29. The number of carbonyl (C=O) groups is 1. The number of nitro groups is 1. The standard InChI is InChI=1S/C16H14N4O4/c21-15(19-9-11-3-2-8-24-11)10-18-13-5-6-14(20(22)23)12-4-1-7-17-16(12)13/h1-8,18H,9-10H2,(H,19,21). The van der Waals surface area contributed by atoms with Gasteiger partial charge in [0.2, 0.25) is 5.91 Å². The number of rotatable bonds is 6. The highest BCUT2D eigenvalue weighted by Gasteiger charge is 2.15. The Hall–Kier alpha value is -3.42. The van der Waals surface area contributed by atoms with Crippen molar-refractivity contribution in [2.24, 2.45) is 0 Å². The molecule has 0 atom stereocenters. The lowest BCUT2D eigenvalue weighted by atomic mass is 10.1. The first-order valence-corrected chi connectivity index (χ1v) is 7.20. The first-order valence-electron chi connectivity index (χ1n) is 7.20. The summed E-state index contributed by atoms with van der Waals surface area (Å²) >= 11 is 0. The monoisotopic (exact) mass is 326 g/mol. The van der Waals surface area contributed by atoms with Crippen LogP contribution in [0.25, 0.3) is 10.9 Å². The maximum atomic E-state index is 11.9. The number of nitrogens with one attached hydrogen (secondary N) is 2. The van der Waals surface area contributed by atoms with Gasteiger partial charge in [0.15, 0.2) is 0 Å². The number of nitrogens with zero attached hydrogens (tertiary/aromatic N) is 2. The van der Waals surface area contributed by atoms with Crippen LogP contribution in [0.4, 0.5) is 11.4 Å². The number of pyridine rings is 1. The Labute approximate surface area is 136 Å². The highest BCUT2D eigenvalue weighted by molar-refractivity contribution is 5.97. The van der Waals surface area contributed by atoms with Gasteiger partial charge < -0.3 is 15.1 Å². The summed E-state index contributed by atoms with van der Waals surface area (Å²) in [7, 11) is 0. The normalized spacial score (nSPS) is 10.5. The average molecular weight is 326 g/mol. The highest BCUT2D eigenvalue weighted by atomic mass is 16.6. The zero-order valence-corrected chi connectivity index (χ0v) is 12.6. The van der Waals surface area contributed by atoms with Crippen LogP contribution in [-0.2, 0) is 11.3 Å². The first kappa shape index (κ1) is 15.5. The van der Waals surface area contributed by atoms with Crippen LogP contribution in [-0.4, -0.2) is 22.4 Å². The molecule has 1 aromatic carbocycles. The fourth-order valence-corrected chi connectivity index (χ4v) is 2.30. The maximum Gasteiger partial charge on any atom is 0.278 e. The Morgan fingerprint density at radius 3 is 2.88 bits per heavy atom.